The predicted molar refractivity (Wildman–Crippen MR) is 61.8 cm³/mol. The normalized spacial score (nSPS) is 10.1. The zero-order valence-corrected chi connectivity index (χ0v) is 9.59. The van der Waals surface area contributed by atoms with Gasteiger partial charge >= 0.3 is 5.69 Å². The fraction of sp³-hybridized carbons (Fsp3) is 0. The van der Waals surface area contributed by atoms with Gasteiger partial charge in [0, 0.05) is 24.0 Å². The number of aromatic nitrogens is 2. The molecule has 0 saturated carbocycles. The lowest BCUT2D eigenvalue weighted by Crippen LogP contribution is -1.93. The summed E-state index contributed by atoms with van der Waals surface area (Å²) in [4.78, 5) is 18.3. The molecule has 0 aliphatic heterocycles. The molecule has 0 unspecified atom stereocenters. The minimum atomic E-state index is -0.483. The lowest BCUT2D eigenvalue weighted by molar-refractivity contribution is -0.386. The molecule has 0 saturated heterocycles. The molecule has 0 atom stereocenters. The van der Waals surface area contributed by atoms with Crippen LogP contribution in [0.5, 0.6) is 0 Å². The van der Waals surface area contributed by atoms with Crippen LogP contribution in [0.25, 0.3) is 11.3 Å². The summed E-state index contributed by atoms with van der Waals surface area (Å²) < 4.78 is 0.220. The van der Waals surface area contributed by atoms with E-state index in [4.69, 9.17) is 0 Å². The first-order valence-corrected chi connectivity index (χ1v) is 5.19. The van der Waals surface area contributed by atoms with E-state index in [0.717, 1.165) is 0 Å². The average Bonchev–Trinajstić information content (AvgIpc) is 2.30. The van der Waals surface area contributed by atoms with Crippen LogP contribution < -0.4 is 0 Å². The van der Waals surface area contributed by atoms with Crippen molar-refractivity contribution in [2.75, 3.05) is 0 Å². The minimum Gasteiger partial charge on any atom is -0.258 e. The molecule has 0 aliphatic rings. The van der Waals surface area contributed by atoms with E-state index in [1.807, 2.05) is 6.07 Å². The number of nitrogens with zero attached hydrogens (tertiary/aromatic N) is 3. The molecule has 0 fully saturated rings. The van der Waals surface area contributed by atoms with Gasteiger partial charge in [0.15, 0.2) is 4.60 Å². The van der Waals surface area contributed by atoms with E-state index in [2.05, 4.69) is 25.9 Å². The van der Waals surface area contributed by atoms with Crippen LogP contribution in [0.1, 0.15) is 0 Å². The largest absolute Gasteiger partial charge is 0.302 e. The Bertz CT molecular complexity index is 531. The zero-order valence-electron chi connectivity index (χ0n) is 8.00. The van der Waals surface area contributed by atoms with Gasteiger partial charge in [-0.2, -0.15) is 0 Å². The van der Waals surface area contributed by atoms with Gasteiger partial charge in [0.25, 0.3) is 0 Å². The Hall–Kier alpha value is -1.82. The van der Waals surface area contributed by atoms with Crippen molar-refractivity contribution in [3.8, 4) is 11.3 Å². The molecule has 6 heteroatoms. The maximum Gasteiger partial charge on any atom is 0.302 e. The first-order valence-electron chi connectivity index (χ1n) is 4.40. The Labute approximate surface area is 99.4 Å². The standard InChI is InChI=1S/C10H6BrN3O2/c11-10-9(14(15)16)5-7(6-13-10)8-3-1-2-4-12-8/h1-6H. The predicted octanol–water partition coefficient (Wildman–Crippen LogP) is 2.81. The van der Waals surface area contributed by atoms with Gasteiger partial charge in [0.2, 0.25) is 0 Å². The monoisotopic (exact) mass is 279 g/mol. The molecule has 16 heavy (non-hydrogen) atoms. The van der Waals surface area contributed by atoms with Crippen LogP contribution in [-0.4, -0.2) is 14.9 Å². The molecule has 0 radical (unpaired) electrons. The summed E-state index contributed by atoms with van der Waals surface area (Å²) in [5, 5.41) is 10.7. The molecule has 5 nitrogen and oxygen atoms in total. The van der Waals surface area contributed by atoms with Gasteiger partial charge < -0.3 is 0 Å². The Balaban J connectivity index is 2.52. The topological polar surface area (TPSA) is 68.9 Å². The number of hydrogen-bond donors (Lipinski definition) is 0. The van der Waals surface area contributed by atoms with Crippen LogP contribution in [0.3, 0.4) is 0 Å². The van der Waals surface area contributed by atoms with Gasteiger partial charge in [-0.25, -0.2) is 4.98 Å². The number of pyridine rings is 2. The Morgan fingerprint density at radius 1 is 1.31 bits per heavy atom. The van der Waals surface area contributed by atoms with E-state index in [-0.39, 0.29) is 10.3 Å². The molecule has 2 aromatic rings. The summed E-state index contributed by atoms with van der Waals surface area (Å²) in [6.45, 7) is 0. The van der Waals surface area contributed by atoms with Crippen molar-refractivity contribution in [1.29, 1.82) is 0 Å². The van der Waals surface area contributed by atoms with E-state index in [1.165, 1.54) is 6.07 Å². The van der Waals surface area contributed by atoms with E-state index < -0.39 is 4.92 Å². The number of halogens is 1. The van der Waals surface area contributed by atoms with Gasteiger partial charge in [-0.1, -0.05) is 6.07 Å². The quantitative estimate of drug-likeness (QED) is 0.482. The van der Waals surface area contributed by atoms with Crippen molar-refractivity contribution in [2.45, 2.75) is 0 Å². The van der Waals surface area contributed by atoms with Crippen LogP contribution in [0.15, 0.2) is 41.3 Å². The highest BCUT2D eigenvalue weighted by atomic mass is 79.9. The summed E-state index contributed by atoms with van der Waals surface area (Å²) in [7, 11) is 0. The molecular formula is C10H6BrN3O2. The van der Waals surface area contributed by atoms with Crippen molar-refractivity contribution < 1.29 is 4.92 Å². The number of hydrogen-bond acceptors (Lipinski definition) is 4. The molecular weight excluding hydrogens is 274 g/mol. The second-order valence-corrected chi connectivity index (χ2v) is 3.76. The summed E-state index contributed by atoms with van der Waals surface area (Å²) >= 11 is 3.03. The highest BCUT2D eigenvalue weighted by molar-refractivity contribution is 9.10. The van der Waals surface area contributed by atoms with Gasteiger partial charge in [-0.05, 0) is 28.1 Å². The van der Waals surface area contributed by atoms with Crippen molar-refractivity contribution >= 4 is 21.6 Å². The van der Waals surface area contributed by atoms with Gasteiger partial charge in [-0.15, -0.1) is 0 Å². The number of nitro groups is 1. The molecule has 0 amide bonds. The highest BCUT2D eigenvalue weighted by Gasteiger charge is 2.14. The van der Waals surface area contributed by atoms with Crippen molar-refractivity contribution in [3.63, 3.8) is 0 Å². The molecule has 80 valence electrons. The third kappa shape index (κ3) is 2.06. The summed E-state index contributed by atoms with van der Waals surface area (Å²) in [5.74, 6) is 0. The first-order chi connectivity index (χ1) is 7.68. The molecule has 0 aromatic carbocycles. The van der Waals surface area contributed by atoms with E-state index in [9.17, 15) is 10.1 Å². The Morgan fingerprint density at radius 2 is 2.12 bits per heavy atom. The lowest BCUT2D eigenvalue weighted by atomic mass is 10.2. The Kier molecular flexibility index (Phi) is 2.91. The van der Waals surface area contributed by atoms with Gasteiger partial charge in [0.1, 0.15) is 0 Å². The average molecular weight is 280 g/mol. The minimum absolute atomic E-state index is 0.0665. The van der Waals surface area contributed by atoms with Crippen LogP contribution >= 0.6 is 15.9 Å². The first kappa shape index (κ1) is 10.7. The van der Waals surface area contributed by atoms with Crippen molar-refractivity contribution in [3.05, 3.63) is 51.4 Å². The summed E-state index contributed by atoms with van der Waals surface area (Å²) in [6.07, 6.45) is 3.17. The fourth-order valence-electron chi connectivity index (χ4n) is 1.24. The van der Waals surface area contributed by atoms with Crippen molar-refractivity contribution in [2.24, 2.45) is 0 Å². The Morgan fingerprint density at radius 3 is 2.75 bits per heavy atom. The molecule has 2 heterocycles. The fourth-order valence-corrected chi connectivity index (χ4v) is 1.60. The maximum absolute atomic E-state index is 10.7. The van der Waals surface area contributed by atoms with E-state index in [0.29, 0.717) is 11.3 Å². The molecule has 0 spiro atoms. The second kappa shape index (κ2) is 4.36. The lowest BCUT2D eigenvalue weighted by Gasteiger charge is -2.00. The zero-order chi connectivity index (χ0) is 11.5. The maximum atomic E-state index is 10.7. The van der Waals surface area contributed by atoms with Crippen LogP contribution in [-0.2, 0) is 0 Å². The smallest absolute Gasteiger partial charge is 0.258 e. The van der Waals surface area contributed by atoms with Gasteiger partial charge in [-0.3, -0.25) is 15.1 Å². The summed E-state index contributed by atoms with van der Waals surface area (Å²) in [5.41, 5.74) is 1.21. The third-order valence-electron chi connectivity index (χ3n) is 1.98. The second-order valence-electron chi connectivity index (χ2n) is 3.01. The molecule has 0 aliphatic carbocycles. The van der Waals surface area contributed by atoms with E-state index in [1.54, 1.807) is 24.5 Å². The van der Waals surface area contributed by atoms with Crippen molar-refractivity contribution in [1.82, 2.24) is 9.97 Å². The molecule has 0 bridgehead atoms. The molecule has 0 N–H and O–H groups in total. The van der Waals surface area contributed by atoms with Crippen LogP contribution in [0.4, 0.5) is 5.69 Å². The SMILES string of the molecule is O=[N+]([O-])c1cc(-c2ccccn2)cnc1Br. The number of rotatable bonds is 2. The van der Waals surface area contributed by atoms with Crippen LogP contribution in [0.2, 0.25) is 0 Å². The van der Waals surface area contributed by atoms with Crippen LogP contribution in [0, 0.1) is 10.1 Å². The van der Waals surface area contributed by atoms with E-state index >= 15 is 0 Å². The molecule has 2 aromatic heterocycles. The molecule has 2 rings (SSSR count). The van der Waals surface area contributed by atoms with Gasteiger partial charge in [0.05, 0.1) is 10.6 Å². The summed E-state index contributed by atoms with van der Waals surface area (Å²) in [6, 6.07) is 6.81. The third-order valence-corrected chi connectivity index (χ3v) is 2.59. The highest BCUT2D eigenvalue weighted by Crippen LogP contribution is 2.27.